The highest BCUT2D eigenvalue weighted by Gasteiger charge is 2.31. The first kappa shape index (κ1) is 24.3. The molecule has 2 amide bonds. The largest absolute Gasteiger partial charge is 0.480 e. The van der Waals surface area contributed by atoms with Crippen molar-refractivity contribution in [3.8, 4) is 11.1 Å². The molecule has 1 aliphatic carbocycles. The second kappa shape index (κ2) is 11.0. The van der Waals surface area contributed by atoms with E-state index in [0.29, 0.717) is 12.8 Å². The van der Waals surface area contributed by atoms with Crippen molar-refractivity contribution in [3.63, 3.8) is 0 Å². The number of aliphatic carboxylic acids is 1. The number of amides is 2. The maximum Gasteiger partial charge on any atom is 0.407 e. The lowest BCUT2D eigenvalue weighted by atomic mass is 9.98. The maximum absolute atomic E-state index is 12.6. The van der Waals surface area contributed by atoms with Gasteiger partial charge in [-0.1, -0.05) is 68.3 Å². The van der Waals surface area contributed by atoms with Crippen molar-refractivity contribution in [3.05, 3.63) is 59.7 Å². The van der Waals surface area contributed by atoms with Gasteiger partial charge in [-0.2, -0.15) is 0 Å². The first-order chi connectivity index (χ1) is 15.8. The molecule has 0 saturated carbocycles. The number of carbonyl (C=O) groups is 3. The maximum atomic E-state index is 12.6. The van der Waals surface area contributed by atoms with Crippen molar-refractivity contribution in [2.75, 3.05) is 6.61 Å². The van der Waals surface area contributed by atoms with Crippen molar-refractivity contribution in [2.24, 2.45) is 0 Å². The molecule has 176 valence electrons. The second-order valence-electron chi connectivity index (χ2n) is 8.23. The number of aliphatic hydroxyl groups is 1. The van der Waals surface area contributed by atoms with Crippen LogP contribution < -0.4 is 10.6 Å². The Morgan fingerprint density at radius 2 is 1.58 bits per heavy atom. The van der Waals surface area contributed by atoms with Crippen LogP contribution in [0.15, 0.2) is 48.5 Å². The Balaban J connectivity index is 1.66. The monoisotopic (exact) mass is 454 g/mol. The zero-order valence-corrected chi connectivity index (χ0v) is 18.8. The van der Waals surface area contributed by atoms with Gasteiger partial charge in [-0.3, -0.25) is 4.79 Å². The van der Waals surface area contributed by atoms with Gasteiger partial charge in [0.25, 0.3) is 0 Å². The smallest absolute Gasteiger partial charge is 0.407 e. The number of carboxylic acids is 1. The van der Waals surface area contributed by atoms with Crippen LogP contribution in [0.4, 0.5) is 4.79 Å². The molecule has 0 unspecified atom stereocenters. The van der Waals surface area contributed by atoms with Gasteiger partial charge in [0.05, 0.1) is 6.10 Å². The lowest BCUT2D eigenvalue weighted by molar-refractivity contribution is -0.145. The summed E-state index contributed by atoms with van der Waals surface area (Å²) in [7, 11) is 0. The number of carboxylic acid groups (broad SMARTS) is 1. The molecule has 4 N–H and O–H groups in total. The van der Waals surface area contributed by atoms with Gasteiger partial charge in [-0.25, -0.2) is 9.59 Å². The van der Waals surface area contributed by atoms with Crippen LogP contribution >= 0.6 is 0 Å². The van der Waals surface area contributed by atoms with Gasteiger partial charge < -0.3 is 25.6 Å². The molecule has 3 atom stereocenters. The number of alkyl carbamates (subject to hydrolysis) is 1. The van der Waals surface area contributed by atoms with E-state index in [1.807, 2.05) is 55.5 Å². The van der Waals surface area contributed by atoms with Crippen LogP contribution in [0.1, 0.15) is 50.2 Å². The van der Waals surface area contributed by atoms with Crippen molar-refractivity contribution in [1.29, 1.82) is 0 Å². The number of benzene rings is 2. The third-order valence-corrected chi connectivity index (χ3v) is 5.84. The second-order valence-corrected chi connectivity index (χ2v) is 8.23. The molecule has 0 heterocycles. The predicted octanol–water partition coefficient (Wildman–Crippen LogP) is 3.03. The summed E-state index contributed by atoms with van der Waals surface area (Å²) in [4.78, 5) is 36.5. The Morgan fingerprint density at radius 3 is 2.09 bits per heavy atom. The summed E-state index contributed by atoms with van der Waals surface area (Å²) in [6.07, 6.45) is -0.286. The molecule has 0 aliphatic heterocycles. The molecule has 2 aromatic carbocycles. The number of rotatable bonds is 10. The average Bonchev–Trinajstić information content (AvgIpc) is 3.12. The number of hydrogen-bond donors (Lipinski definition) is 4. The number of unbranched alkanes of at least 4 members (excludes halogenated alkanes) is 1. The molecule has 8 heteroatoms. The fourth-order valence-electron chi connectivity index (χ4n) is 4.10. The summed E-state index contributed by atoms with van der Waals surface area (Å²) in [6, 6.07) is 13.5. The van der Waals surface area contributed by atoms with E-state index < -0.39 is 36.2 Å². The number of hydrogen-bond acceptors (Lipinski definition) is 5. The van der Waals surface area contributed by atoms with Gasteiger partial charge in [-0.15, -0.1) is 0 Å². The van der Waals surface area contributed by atoms with Crippen LogP contribution in [0.5, 0.6) is 0 Å². The zero-order valence-electron chi connectivity index (χ0n) is 18.8. The number of nitrogens with one attached hydrogen (secondary N) is 2. The topological polar surface area (TPSA) is 125 Å². The highest BCUT2D eigenvalue weighted by atomic mass is 16.5. The number of ether oxygens (including phenoxy) is 1. The Bertz CT molecular complexity index is 960. The van der Waals surface area contributed by atoms with Crippen molar-refractivity contribution in [1.82, 2.24) is 10.6 Å². The molecule has 2 aromatic rings. The van der Waals surface area contributed by atoms with E-state index in [2.05, 4.69) is 10.6 Å². The van der Waals surface area contributed by atoms with E-state index in [9.17, 15) is 24.6 Å². The lowest BCUT2D eigenvalue weighted by Gasteiger charge is -2.23. The van der Waals surface area contributed by atoms with Crippen LogP contribution in [-0.2, 0) is 14.3 Å². The standard InChI is InChI=1S/C25H30N2O6/c1-3-4-13-21(23(29)27-22(15(2)28)24(30)31)26-25(32)33-14-20-18-11-7-5-9-16(18)17-10-6-8-12-19(17)20/h5-12,15,20-22,28H,3-4,13-14H2,1-2H3,(H,26,32)(H,27,29)(H,30,31)/t15-,21+,22+/m1/s1. The number of fused-ring (bicyclic) bond motifs is 3. The van der Waals surface area contributed by atoms with E-state index in [4.69, 9.17) is 4.74 Å². The zero-order chi connectivity index (χ0) is 24.0. The summed E-state index contributed by atoms with van der Waals surface area (Å²) in [5, 5.41) is 23.7. The normalized spacial score (nSPS) is 15.0. The highest BCUT2D eigenvalue weighted by Crippen LogP contribution is 2.44. The van der Waals surface area contributed by atoms with Crippen LogP contribution in [0.3, 0.4) is 0 Å². The molecular formula is C25H30N2O6. The van der Waals surface area contributed by atoms with E-state index in [1.165, 1.54) is 6.92 Å². The lowest BCUT2D eigenvalue weighted by Crippen LogP contribution is -2.54. The first-order valence-electron chi connectivity index (χ1n) is 11.2. The van der Waals surface area contributed by atoms with Gasteiger partial charge in [0.1, 0.15) is 12.6 Å². The van der Waals surface area contributed by atoms with Gasteiger partial charge >= 0.3 is 12.1 Å². The van der Waals surface area contributed by atoms with Crippen molar-refractivity contribution >= 4 is 18.0 Å². The number of carbonyl (C=O) groups excluding carboxylic acids is 2. The minimum Gasteiger partial charge on any atom is -0.480 e. The molecule has 0 spiro atoms. The van der Waals surface area contributed by atoms with Gasteiger partial charge in [0.15, 0.2) is 6.04 Å². The summed E-state index contributed by atoms with van der Waals surface area (Å²) >= 11 is 0. The Kier molecular flexibility index (Phi) is 8.06. The molecule has 1 aliphatic rings. The molecule has 33 heavy (non-hydrogen) atoms. The first-order valence-corrected chi connectivity index (χ1v) is 11.2. The average molecular weight is 455 g/mol. The highest BCUT2D eigenvalue weighted by molar-refractivity contribution is 5.89. The van der Waals surface area contributed by atoms with E-state index in [0.717, 1.165) is 28.7 Å². The minimum atomic E-state index is -1.47. The minimum absolute atomic E-state index is 0.105. The molecule has 0 radical (unpaired) electrons. The van der Waals surface area contributed by atoms with Crippen molar-refractivity contribution in [2.45, 2.75) is 57.2 Å². The predicted molar refractivity (Wildman–Crippen MR) is 123 cm³/mol. The summed E-state index contributed by atoms with van der Waals surface area (Å²) in [6.45, 7) is 3.32. The molecule has 0 aromatic heterocycles. The Labute approximate surface area is 193 Å². The van der Waals surface area contributed by atoms with Gasteiger partial charge in [0.2, 0.25) is 5.91 Å². The third kappa shape index (κ3) is 5.70. The molecule has 8 nitrogen and oxygen atoms in total. The molecule has 0 bridgehead atoms. The van der Waals surface area contributed by atoms with Crippen LogP contribution in [0, 0.1) is 0 Å². The molecule has 3 rings (SSSR count). The molecular weight excluding hydrogens is 424 g/mol. The van der Waals surface area contributed by atoms with Crippen LogP contribution in [0.25, 0.3) is 11.1 Å². The SMILES string of the molecule is CCCC[C@H](NC(=O)OCC1c2ccccc2-c2ccccc21)C(=O)N[C@H](C(=O)O)[C@@H](C)O. The fourth-order valence-corrected chi connectivity index (χ4v) is 4.10. The third-order valence-electron chi connectivity index (χ3n) is 5.84. The fraction of sp³-hybridized carbons (Fsp3) is 0.400. The number of aliphatic hydroxyl groups excluding tert-OH is 1. The van der Waals surface area contributed by atoms with Crippen LogP contribution in [0.2, 0.25) is 0 Å². The van der Waals surface area contributed by atoms with Crippen molar-refractivity contribution < 1.29 is 29.3 Å². The van der Waals surface area contributed by atoms with E-state index in [1.54, 1.807) is 0 Å². The van der Waals surface area contributed by atoms with E-state index >= 15 is 0 Å². The molecule has 0 fully saturated rings. The van der Waals surface area contributed by atoms with E-state index in [-0.39, 0.29) is 12.5 Å². The summed E-state index contributed by atoms with van der Waals surface area (Å²) < 4.78 is 5.50. The van der Waals surface area contributed by atoms with Gasteiger partial charge in [0, 0.05) is 5.92 Å². The Hall–Kier alpha value is -3.39. The summed E-state index contributed by atoms with van der Waals surface area (Å²) in [5.41, 5.74) is 4.38. The Morgan fingerprint density at radius 1 is 1.00 bits per heavy atom. The quantitative estimate of drug-likeness (QED) is 0.437. The van der Waals surface area contributed by atoms with Crippen LogP contribution in [-0.4, -0.2) is 53.0 Å². The summed E-state index contributed by atoms with van der Waals surface area (Å²) in [5.74, 6) is -2.14. The molecule has 0 saturated heterocycles. The van der Waals surface area contributed by atoms with Gasteiger partial charge in [-0.05, 0) is 35.6 Å².